The Hall–Kier alpha value is -1.82. The lowest BCUT2D eigenvalue weighted by Gasteiger charge is -1.99. The van der Waals surface area contributed by atoms with Crippen molar-refractivity contribution >= 4 is 21.9 Å². The third kappa shape index (κ3) is 5.49. The minimum absolute atomic E-state index is 0.455. The third-order valence-corrected chi connectivity index (χ3v) is 2.29. The first kappa shape index (κ1) is 14.2. The molecule has 0 aliphatic rings. The SMILES string of the molecule is COc1ccc(C=CC(C)=NOS(C)(=O)=O)cc1. The number of allylic oxidation sites excluding steroid dienone is 1. The molecule has 0 fully saturated rings. The van der Waals surface area contributed by atoms with Crippen LogP contribution >= 0.6 is 0 Å². The summed E-state index contributed by atoms with van der Waals surface area (Å²) >= 11 is 0. The molecule has 18 heavy (non-hydrogen) atoms. The van der Waals surface area contributed by atoms with E-state index >= 15 is 0 Å². The van der Waals surface area contributed by atoms with Crippen LogP contribution in [-0.2, 0) is 14.4 Å². The molecule has 0 saturated heterocycles. The zero-order valence-electron chi connectivity index (χ0n) is 10.5. The smallest absolute Gasteiger partial charge is 0.325 e. The van der Waals surface area contributed by atoms with Gasteiger partial charge in [-0.2, -0.15) is 8.42 Å². The Labute approximate surface area is 107 Å². The first-order valence-electron chi connectivity index (χ1n) is 5.16. The molecule has 1 aromatic carbocycles. The Balaban J connectivity index is 2.68. The van der Waals surface area contributed by atoms with Crippen LogP contribution in [0.15, 0.2) is 35.5 Å². The van der Waals surface area contributed by atoms with E-state index in [4.69, 9.17) is 4.74 Å². The van der Waals surface area contributed by atoms with Crippen molar-refractivity contribution < 1.29 is 17.4 Å². The highest BCUT2D eigenvalue weighted by Gasteiger charge is 1.98. The van der Waals surface area contributed by atoms with E-state index in [9.17, 15) is 8.42 Å². The van der Waals surface area contributed by atoms with Crippen LogP contribution in [0.1, 0.15) is 12.5 Å². The molecule has 0 aromatic heterocycles. The summed E-state index contributed by atoms with van der Waals surface area (Å²) in [6, 6.07) is 7.42. The molecule has 0 amide bonds. The zero-order valence-corrected chi connectivity index (χ0v) is 11.3. The van der Waals surface area contributed by atoms with Crippen molar-refractivity contribution in [3.05, 3.63) is 35.9 Å². The van der Waals surface area contributed by atoms with Gasteiger partial charge in [-0.3, -0.25) is 4.28 Å². The second-order valence-electron chi connectivity index (χ2n) is 3.62. The van der Waals surface area contributed by atoms with Crippen LogP contribution in [0.3, 0.4) is 0 Å². The van der Waals surface area contributed by atoms with E-state index < -0.39 is 10.1 Å². The maximum atomic E-state index is 10.7. The third-order valence-electron chi connectivity index (χ3n) is 1.95. The van der Waals surface area contributed by atoms with Crippen LogP contribution in [-0.4, -0.2) is 27.5 Å². The Morgan fingerprint density at radius 3 is 2.39 bits per heavy atom. The largest absolute Gasteiger partial charge is 0.497 e. The van der Waals surface area contributed by atoms with E-state index in [-0.39, 0.29) is 0 Å². The number of benzene rings is 1. The molecule has 0 bridgehead atoms. The molecule has 98 valence electrons. The van der Waals surface area contributed by atoms with Gasteiger partial charge in [0, 0.05) is 0 Å². The summed E-state index contributed by atoms with van der Waals surface area (Å²) in [6.45, 7) is 1.64. The van der Waals surface area contributed by atoms with Gasteiger partial charge < -0.3 is 4.74 Å². The lowest BCUT2D eigenvalue weighted by molar-refractivity contribution is 0.343. The van der Waals surface area contributed by atoms with Gasteiger partial charge in [-0.15, -0.1) is 0 Å². The molecule has 1 aromatic rings. The highest BCUT2D eigenvalue weighted by molar-refractivity contribution is 7.85. The van der Waals surface area contributed by atoms with Gasteiger partial charge in [0.05, 0.1) is 19.1 Å². The standard InChI is InChI=1S/C12H15NO4S/c1-10(13-17-18(3,14)15)4-5-11-6-8-12(16-2)9-7-11/h4-9H,1-3H3. The lowest BCUT2D eigenvalue weighted by Crippen LogP contribution is -1.98. The Bertz CT molecular complexity index is 544. The molecular weight excluding hydrogens is 254 g/mol. The fourth-order valence-corrected chi connectivity index (χ4v) is 1.34. The molecule has 0 unspecified atom stereocenters. The Morgan fingerprint density at radius 2 is 1.89 bits per heavy atom. The summed E-state index contributed by atoms with van der Waals surface area (Å²) in [6.07, 6.45) is 4.40. The average molecular weight is 269 g/mol. The predicted octanol–water partition coefficient (Wildman–Crippen LogP) is 2.06. The molecule has 0 aliphatic heterocycles. The quantitative estimate of drug-likeness (QED) is 0.606. The number of nitrogens with zero attached hydrogens (tertiary/aromatic N) is 1. The van der Waals surface area contributed by atoms with Crippen molar-refractivity contribution in [3.63, 3.8) is 0 Å². The highest BCUT2D eigenvalue weighted by atomic mass is 32.2. The lowest BCUT2D eigenvalue weighted by atomic mass is 10.2. The van der Waals surface area contributed by atoms with Gasteiger partial charge in [0.25, 0.3) is 0 Å². The minimum atomic E-state index is -3.55. The molecule has 5 nitrogen and oxygen atoms in total. The number of oxime groups is 1. The first-order chi connectivity index (χ1) is 8.40. The van der Waals surface area contributed by atoms with Crippen LogP contribution < -0.4 is 4.74 Å². The Kier molecular flexibility index (Phi) is 4.91. The van der Waals surface area contributed by atoms with Crippen LogP contribution in [0.25, 0.3) is 6.08 Å². The van der Waals surface area contributed by atoms with Crippen molar-refractivity contribution in [2.24, 2.45) is 5.16 Å². The summed E-state index contributed by atoms with van der Waals surface area (Å²) in [5.41, 5.74) is 1.40. The monoisotopic (exact) mass is 269 g/mol. The number of ether oxygens (including phenoxy) is 1. The fraction of sp³-hybridized carbons (Fsp3) is 0.250. The summed E-state index contributed by atoms with van der Waals surface area (Å²) < 4.78 is 30.8. The number of hydrogen-bond donors (Lipinski definition) is 0. The second-order valence-corrected chi connectivity index (χ2v) is 5.18. The van der Waals surface area contributed by atoms with E-state index in [1.54, 1.807) is 26.2 Å². The fourth-order valence-electron chi connectivity index (χ4n) is 1.09. The molecule has 0 N–H and O–H groups in total. The van der Waals surface area contributed by atoms with Gasteiger partial charge in [0.1, 0.15) is 5.75 Å². The van der Waals surface area contributed by atoms with E-state index in [1.807, 2.05) is 24.3 Å². The van der Waals surface area contributed by atoms with Crippen LogP contribution in [0.2, 0.25) is 0 Å². The van der Waals surface area contributed by atoms with Crippen molar-refractivity contribution in [1.29, 1.82) is 0 Å². The molecule has 0 atom stereocenters. The summed E-state index contributed by atoms with van der Waals surface area (Å²) in [7, 11) is -1.95. The molecule has 0 radical (unpaired) electrons. The maximum absolute atomic E-state index is 10.7. The van der Waals surface area contributed by atoms with Gasteiger partial charge in [-0.1, -0.05) is 23.4 Å². The van der Waals surface area contributed by atoms with Crippen molar-refractivity contribution in [2.45, 2.75) is 6.92 Å². The predicted molar refractivity (Wildman–Crippen MR) is 71.1 cm³/mol. The maximum Gasteiger partial charge on any atom is 0.325 e. The summed E-state index contributed by atoms with van der Waals surface area (Å²) in [4.78, 5) is 0. The van der Waals surface area contributed by atoms with Crippen molar-refractivity contribution in [1.82, 2.24) is 0 Å². The molecule has 0 heterocycles. The van der Waals surface area contributed by atoms with Crippen LogP contribution in [0.5, 0.6) is 5.75 Å². The number of methoxy groups -OCH3 is 1. The van der Waals surface area contributed by atoms with Crippen LogP contribution in [0.4, 0.5) is 0 Å². The zero-order chi connectivity index (χ0) is 13.6. The van der Waals surface area contributed by atoms with Gasteiger partial charge in [0.2, 0.25) is 0 Å². The van der Waals surface area contributed by atoms with Crippen molar-refractivity contribution in [2.75, 3.05) is 13.4 Å². The van der Waals surface area contributed by atoms with E-state index in [0.29, 0.717) is 5.71 Å². The molecular formula is C12H15NO4S. The molecule has 0 aliphatic carbocycles. The molecule has 0 saturated carbocycles. The van der Waals surface area contributed by atoms with Gasteiger partial charge in [0.15, 0.2) is 0 Å². The van der Waals surface area contributed by atoms with Gasteiger partial charge >= 0.3 is 10.1 Å². The van der Waals surface area contributed by atoms with E-state index in [0.717, 1.165) is 17.6 Å². The Morgan fingerprint density at radius 1 is 1.28 bits per heavy atom. The second kappa shape index (κ2) is 6.20. The first-order valence-corrected chi connectivity index (χ1v) is 6.98. The topological polar surface area (TPSA) is 65.0 Å². The average Bonchev–Trinajstić information content (AvgIpc) is 2.33. The normalized spacial score (nSPS) is 12.7. The summed E-state index contributed by atoms with van der Waals surface area (Å²) in [5.74, 6) is 0.776. The highest BCUT2D eigenvalue weighted by Crippen LogP contribution is 2.12. The molecule has 1 rings (SSSR count). The van der Waals surface area contributed by atoms with Crippen molar-refractivity contribution in [3.8, 4) is 5.75 Å². The van der Waals surface area contributed by atoms with Gasteiger partial charge in [-0.05, 0) is 30.7 Å². The van der Waals surface area contributed by atoms with E-state index in [2.05, 4.69) is 9.44 Å². The van der Waals surface area contributed by atoms with Crippen LogP contribution in [0, 0.1) is 0 Å². The number of rotatable bonds is 5. The number of hydrogen-bond acceptors (Lipinski definition) is 5. The van der Waals surface area contributed by atoms with E-state index in [1.165, 1.54) is 0 Å². The summed E-state index contributed by atoms with van der Waals surface area (Å²) in [5, 5.41) is 3.46. The van der Waals surface area contributed by atoms with Gasteiger partial charge in [-0.25, -0.2) is 0 Å². The minimum Gasteiger partial charge on any atom is -0.497 e. The molecule has 0 spiro atoms. The molecule has 6 heteroatoms.